The molecule has 0 saturated heterocycles. The molecule has 2 rings (SSSR count). The van der Waals surface area contributed by atoms with Gasteiger partial charge >= 0.3 is 0 Å². The molecule has 0 spiro atoms. The number of amides is 1. The molecule has 1 aromatic heterocycles. The summed E-state index contributed by atoms with van der Waals surface area (Å²) in [7, 11) is 0. The quantitative estimate of drug-likeness (QED) is 0.895. The van der Waals surface area contributed by atoms with E-state index in [1.807, 2.05) is 37.3 Å². The van der Waals surface area contributed by atoms with Crippen molar-refractivity contribution in [1.82, 2.24) is 9.97 Å². The van der Waals surface area contributed by atoms with Gasteiger partial charge in [0.1, 0.15) is 0 Å². The van der Waals surface area contributed by atoms with Crippen LogP contribution in [0.1, 0.15) is 24.8 Å². The molecular formula is C14H15N3O. The van der Waals surface area contributed by atoms with Crippen LogP contribution in [0.2, 0.25) is 0 Å². The van der Waals surface area contributed by atoms with Crippen molar-refractivity contribution in [2.45, 2.75) is 19.3 Å². The van der Waals surface area contributed by atoms with E-state index in [9.17, 15) is 4.79 Å². The molecule has 1 aromatic carbocycles. The molecule has 1 N–H and O–H groups in total. The van der Waals surface area contributed by atoms with Crippen LogP contribution < -0.4 is 5.32 Å². The van der Waals surface area contributed by atoms with Crippen molar-refractivity contribution in [2.24, 2.45) is 0 Å². The van der Waals surface area contributed by atoms with Gasteiger partial charge in [0.25, 0.3) is 0 Å². The molecule has 0 aliphatic heterocycles. The Morgan fingerprint density at radius 2 is 2.06 bits per heavy atom. The van der Waals surface area contributed by atoms with Crippen molar-refractivity contribution in [1.29, 1.82) is 0 Å². The van der Waals surface area contributed by atoms with Gasteiger partial charge < -0.3 is 5.32 Å². The summed E-state index contributed by atoms with van der Waals surface area (Å²) in [5, 5.41) is 2.78. The first-order valence-corrected chi connectivity index (χ1v) is 5.93. The molecular weight excluding hydrogens is 226 g/mol. The maximum Gasteiger partial charge on any atom is 0.233 e. The summed E-state index contributed by atoms with van der Waals surface area (Å²) in [6.07, 6.45) is 5.41. The minimum absolute atomic E-state index is 0.0517. The first-order chi connectivity index (χ1) is 8.81. The van der Waals surface area contributed by atoms with Crippen molar-refractivity contribution >= 4 is 11.7 Å². The van der Waals surface area contributed by atoms with Gasteiger partial charge in [0.15, 0.2) is 5.82 Å². The Kier molecular flexibility index (Phi) is 4.02. The lowest BCUT2D eigenvalue weighted by Gasteiger charge is -2.14. The lowest BCUT2D eigenvalue weighted by atomic mass is 9.96. The Balaban J connectivity index is 2.12. The summed E-state index contributed by atoms with van der Waals surface area (Å²) in [5.41, 5.74) is 1.02. The van der Waals surface area contributed by atoms with E-state index in [0.717, 1.165) is 12.0 Å². The third-order valence-electron chi connectivity index (χ3n) is 2.74. The highest BCUT2D eigenvalue weighted by molar-refractivity contribution is 5.94. The molecule has 4 heteroatoms. The first kappa shape index (κ1) is 12.2. The SMILES string of the molecule is CC[C@@H](C(=O)Nc1cnccn1)c1ccccc1. The first-order valence-electron chi connectivity index (χ1n) is 5.93. The second kappa shape index (κ2) is 5.91. The van der Waals surface area contributed by atoms with Gasteiger partial charge in [-0.05, 0) is 12.0 Å². The summed E-state index contributed by atoms with van der Waals surface area (Å²) in [6.45, 7) is 1.99. The topological polar surface area (TPSA) is 54.9 Å². The second-order valence-electron chi connectivity index (χ2n) is 3.95. The maximum absolute atomic E-state index is 12.2. The van der Waals surface area contributed by atoms with Crippen LogP contribution in [0.4, 0.5) is 5.82 Å². The molecule has 2 aromatic rings. The van der Waals surface area contributed by atoms with Crippen LogP contribution in [0, 0.1) is 0 Å². The highest BCUT2D eigenvalue weighted by atomic mass is 16.1. The standard InChI is InChI=1S/C14H15N3O/c1-2-12(11-6-4-3-5-7-11)14(18)17-13-10-15-8-9-16-13/h3-10,12H,2H2,1H3,(H,16,17,18)/t12-/m1/s1. The molecule has 1 amide bonds. The van der Waals surface area contributed by atoms with E-state index >= 15 is 0 Å². The van der Waals surface area contributed by atoms with E-state index in [1.54, 1.807) is 12.4 Å². The fourth-order valence-electron chi connectivity index (χ4n) is 1.83. The molecule has 0 unspecified atom stereocenters. The number of hydrogen-bond donors (Lipinski definition) is 1. The Morgan fingerprint density at radius 1 is 1.28 bits per heavy atom. The normalized spacial score (nSPS) is 11.8. The molecule has 0 aliphatic carbocycles. The molecule has 1 heterocycles. The van der Waals surface area contributed by atoms with Crippen molar-refractivity contribution in [2.75, 3.05) is 5.32 Å². The summed E-state index contributed by atoms with van der Waals surface area (Å²) in [4.78, 5) is 20.1. The van der Waals surface area contributed by atoms with Crippen LogP contribution in [0.25, 0.3) is 0 Å². The van der Waals surface area contributed by atoms with Gasteiger partial charge in [-0.2, -0.15) is 0 Å². The summed E-state index contributed by atoms with van der Waals surface area (Å²) in [6, 6.07) is 9.74. The lowest BCUT2D eigenvalue weighted by molar-refractivity contribution is -0.117. The summed E-state index contributed by atoms with van der Waals surface area (Å²) in [5.74, 6) is 0.272. The Morgan fingerprint density at radius 3 is 2.67 bits per heavy atom. The van der Waals surface area contributed by atoms with Gasteiger partial charge in [-0.15, -0.1) is 0 Å². The fraction of sp³-hybridized carbons (Fsp3) is 0.214. The zero-order chi connectivity index (χ0) is 12.8. The van der Waals surface area contributed by atoms with Gasteiger partial charge in [-0.25, -0.2) is 4.98 Å². The predicted octanol–water partition coefficient (Wildman–Crippen LogP) is 2.61. The summed E-state index contributed by atoms with van der Waals surface area (Å²) < 4.78 is 0. The highest BCUT2D eigenvalue weighted by Crippen LogP contribution is 2.20. The number of carbonyl (C=O) groups is 1. The molecule has 0 bridgehead atoms. The molecule has 0 saturated carbocycles. The number of carbonyl (C=O) groups excluding carboxylic acids is 1. The maximum atomic E-state index is 12.2. The number of nitrogens with one attached hydrogen (secondary N) is 1. The van der Waals surface area contributed by atoms with Crippen LogP contribution >= 0.6 is 0 Å². The molecule has 4 nitrogen and oxygen atoms in total. The van der Waals surface area contributed by atoms with Gasteiger partial charge in [-0.3, -0.25) is 9.78 Å². The van der Waals surface area contributed by atoms with Gasteiger partial charge in [-0.1, -0.05) is 37.3 Å². The van der Waals surface area contributed by atoms with Crippen molar-refractivity contribution < 1.29 is 4.79 Å². The molecule has 0 fully saturated rings. The van der Waals surface area contributed by atoms with E-state index in [1.165, 1.54) is 6.20 Å². The average Bonchev–Trinajstić information content (AvgIpc) is 2.42. The Labute approximate surface area is 106 Å². The van der Waals surface area contributed by atoms with Gasteiger partial charge in [0.05, 0.1) is 12.1 Å². The third-order valence-corrected chi connectivity index (χ3v) is 2.74. The number of rotatable bonds is 4. The van der Waals surface area contributed by atoms with E-state index in [2.05, 4.69) is 15.3 Å². The van der Waals surface area contributed by atoms with Crippen LogP contribution in [-0.4, -0.2) is 15.9 Å². The fourth-order valence-corrected chi connectivity index (χ4v) is 1.83. The Bertz CT molecular complexity index is 499. The number of benzene rings is 1. The van der Waals surface area contributed by atoms with Crippen molar-refractivity contribution in [3.05, 3.63) is 54.5 Å². The Hall–Kier alpha value is -2.23. The number of anilines is 1. The average molecular weight is 241 g/mol. The molecule has 18 heavy (non-hydrogen) atoms. The lowest BCUT2D eigenvalue weighted by Crippen LogP contribution is -2.21. The van der Waals surface area contributed by atoms with Gasteiger partial charge in [0.2, 0.25) is 5.91 Å². The van der Waals surface area contributed by atoms with E-state index < -0.39 is 0 Å². The second-order valence-corrected chi connectivity index (χ2v) is 3.95. The van der Waals surface area contributed by atoms with E-state index in [0.29, 0.717) is 5.82 Å². The number of nitrogens with zero attached hydrogens (tertiary/aromatic N) is 2. The molecule has 0 radical (unpaired) electrons. The van der Waals surface area contributed by atoms with E-state index in [4.69, 9.17) is 0 Å². The third kappa shape index (κ3) is 2.91. The highest BCUT2D eigenvalue weighted by Gasteiger charge is 2.18. The van der Waals surface area contributed by atoms with Crippen molar-refractivity contribution in [3.63, 3.8) is 0 Å². The molecule has 92 valence electrons. The molecule has 0 aliphatic rings. The van der Waals surface area contributed by atoms with Crippen LogP contribution in [0.3, 0.4) is 0 Å². The molecule has 1 atom stereocenters. The van der Waals surface area contributed by atoms with Crippen molar-refractivity contribution in [3.8, 4) is 0 Å². The monoisotopic (exact) mass is 241 g/mol. The minimum Gasteiger partial charge on any atom is -0.309 e. The van der Waals surface area contributed by atoms with Crippen LogP contribution in [-0.2, 0) is 4.79 Å². The zero-order valence-electron chi connectivity index (χ0n) is 10.2. The number of aromatic nitrogens is 2. The van der Waals surface area contributed by atoms with Crippen LogP contribution in [0.15, 0.2) is 48.9 Å². The van der Waals surface area contributed by atoms with E-state index in [-0.39, 0.29) is 11.8 Å². The number of hydrogen-bond acceptors (Lipinski definition) is 3. The largest absolute Gasteiger partial charge is 0.309 e. The predicted molar refractivity (Wildman–Crippen MR) is 70.1 cm³/mol. The smallest absolute Gasteiger partial charge is 0.233 e. The van der Waals surface area contributed by atoms with Gasteiger partial charge in [0, 0.05) is 12.4 Å². The summed E-state index contributed by atoms with van der Waals surface area (Å²) >= 11 is 0. The zero-order valence-corrected chi connectivity index (χ0v) is 10.2. The van der Waals surface area contributed by atoms with Crippen LogP contribution in [0.5, 0.6) is 0 Å². The minimum atomic E-state index is -0.159.